The molecule has 9 heteroatoms. The van der Waals surface area contributed by atoms with Crippen molar-refractivity contribution in [2.24, 2.45) is 5.92 Å². The number of benzene rings is 1. The van der Waals surface area contributed by atoms with Gasteiger partial charge in [-0.1, -0.05) is 23.5 Å². The molecule has 1 N–H and O–H groups in total. The van der Waals surface area contributed by atoms with Gasteiger partial charge in [0.1, 0.15) is 5.01 Å². The molecule has 2 unspecified atom stereocenters. The molecule has 1 aromatic carbocycles. The van der Waals surface area contributed by atoms with Gasteiger partial charge in [0.15, 0.2) is 0 Å². The van der Waals surface area contributed by atoms with E-state index in [-0.39, 0.29) is 16.7 Å². The zero-order valence-electron chi connectivity index (χ0n) is 14.7. The quantitative estimate of drug-likeness (QED) is 0.804. The first-order valence-corrected chi connectivity index (χ1v) is 9.69. The van der Waals surface area contributed by atoms with Gasteiger partial charge in [-0.15, -0.1) is 10.2 Å². The average Bonchev–Trinajstić information content (AvgIpc) is 3.52. The number of anilines is 2. The normalized spacial score (nSPS) is 21.9. The van der Waals surface area contributed by atoms with E-state index in [0.29, 0.717) is 15.9 Å². The molecule has 5 nitrogen and oxygen atoms in total. The van der Waals surface area contributed by atoms with Gasteiger partial charge in [-0.05, 0) is 56.3 Å². The molecule has 1 amide bonds. The maximum atomic E-state index is 13.1. The molecule has 0 aliphatic heterocycles. The number of aryl methyl sites for hydroxylation is 1. The lowest BCUT2D eigenvalue weighted by Crippen LogP contribution is -2.38. The smallest absolute Gasteiger partial charge is 0.313 e. The molecule has 144 valence electrons. The van der Waals surface area contributed by atoms with E-state index in [9.17, 15) is 18.0 Å². The molecule has 0 spiro atoms. The number of aromatic nitrogens is 2. The van der Waals surface area contributed by atoms with Crippen molar-refractivity contribution in [1.82, 2.24) is 15.5 Å². The maximum Gasteiger partial charge on any atom is 0.472 e. The van der Waals surface area contributed by atoms with Gasteiger partial charge in [0.2, 0.25) is 5.13 Å². The number of halogens is 3. The van der Waals surface area contributed by atoms with E-state index in [1.807, 2.05) is 6.07 Å². The molecule has 0 bridgehead atoms. The molecule has 2 aliphatic carbocycles. The Labute approximate surface area is 158 Å². The van der Waals surface area contributed by atoms with Gasteiger partial charge in [-0.25, -0.2) is 4.90 Å². The van der Waals surface area contributed by atoms with Crippen molar-refractivity contribution in [3.8, 4) is 0 Å². The van der Waals surface area contributed by atoms with Gasteiger partial charge in [-0.2, -0.15) is 13.2 Å². The van der Waals surface area contributed by atoms with Crippen LogP contribution in [0.2, 0.25) is 0 Å². The van der Waals surface area contributed by atoms with Crippen molar-refractivity contribution in [3.05, 3.63) is 34.8 Å². The summed E-state index contributed by atoms with van der Waals surface area (Å²) < 4.78 is 39.4. The van der Waals surface area contributed by atoms with Gasteiger partial charge in [0, 0.05) is 12.0 Å². The van der Waals surface area contributed by atoms with Gasteiger partial charge in [0.05, 0.1) is 5.69 Å². The number of nitrogens with zero attached hydrogens (tertiary/aromatic N) is 3. The molecule has 2 saturated carbocycles. The van der Waals surface area contributed by atoms with Gasteiger partial charge < -0.3 is 5.32 Å². The van der Waals surface area contributed by atoms with Crippen molar-refractivity contribution in [2.75, 3.05) is 11.4 Å². The molecule has 4 rings (SSSR count). The molecule has 2 atom stereocenters. The minimum atomic E-state index is -5.00. The Kier molecular flexibility index (Phi) is 4.67. The predicted octanol–water partition coefficient (Wildman–Crippen LogP) is 3.93. The standard InChI is InChI=1S/C18H19F3N4OS/c1-10-23-24-17(27-10)25(16(26)18(19,20)21)13-4-2-3-12(7-13)14-8-15(14)22-9-11-5-6-11/h2-4,7,11,14-15,22H,5-6,8-9H2,1H3. The van der Waals surface area contributed by atoms with Crippen LogP contribution in [0.3, 0.4) is 0 Å². The van der Waals surface area contributed by atoms with Gasteiger partial charge in [-0.3, -0.25) is 4.79 Å². The van der Waals surface area contributed by atoms with Crippen LogP contribution in [0, 0.1) is 12.8 Å². The Balaban J connectivity index is 1.58. The van der Waals surface area contributed by atoms with Crippen LogP contribution in [0.25, 0.3) is 0 Å². The summed E-state index contributed by atoms with van der Waals surface area (Å²) in [6.07, 6.45) is -1.49. The van der Waals surface area contributed by atoms with E-state index < -0.39 is 12.1 Å². The number of hydrogen-bond donors (Lipinski definition) is 1. The molecule has 27 heavy (non-hydrogen) atoms. The first kappa shape index (κ1) is 18.4. The summed E-state index contributed by atoms with van der Waals surface area (Å²) in [7, 11) is 0. The van der Waals surface area contributed by atoms with Crippen molar-refractivity contribution in [1.29, 1.82) is 0 Å². The van der Waals surface area contributed by atoms with Crippen molar-refractivity contribution < 1.29 is 18.0 Å². The van der Waals surface area contributed by atoms with Crippen LogP contribution in [0.4, 0.5) is 24.0 Å². The minimum absolute atomic E-state index is 0.0776. The highest BCUT2D eigenvalue weighted by molar-refractivity contribution is 7.15. The second kappa shape index (κ2) is 6.87. The molecule has 2 aliphatic rings. The monoisotopic (exact) mass is 396 g/mol. The summed E-state index contributed by atoms with van der Waals surface area (Å²) >= 11 is 0.954. The van der Waals surface area contributed by atoms with Crippen molar-refractivity contribution >= 4 is 28.1 Å². The van der Waals surface area contributed by atoms with E-state index in [2.05, 4.69) is 15.5 Å². The van der Waals surface area contributed by atoms with Crippen LogP contribution in [0.5, 0.6) is 0 Å². The molecule has 0 saturated heterocycles. The zero-order valence-corrected chi connectivity index (χ0v) is 15.5. The molecule has 1 aromatic heterocycles. The highest BCUT2D eigenvalue weighted by Gasteiger charge is 2.45. The fourth-order valence-electron chi connectivity index (χ4n) is 3.14. The Morgan fingerprint density at radius 2 is 2.11 bits per heavy atom. The number of amides is 1. The fraction of sp³-hybridized carbons (Fsp3) is 0.500. The number of carbonyl (C=O) groups is 1. The Morgan fingerprint density at radius 1 is 1.33 bits per heavy atom. The first-order chi connectivity index (χ1) is 12.8. The average molecular weight is 396 g/mol. The lowest BCUT2D eigenvalue weighted by molar-refractivity contribution is -0.169. The number of alkyl halides is 3. The van der Waals surface area contributed by atoms with E-state index in [0.717, 1.165) is 35.8 Å². The molecule has 2 fully saturated rings. The molecule has 1 heterocycles. The van der Waals surface area contributed by atoms with E-state index >= 15 is 0 Å². The lowest BCUT2D eigenvalue weighted by atomic mass is 10.1. The van der Waals surface area contributed by atoms with E-state index in [1.54, 1.807) is 19.1 Å². The lowest BCUT2D eigenvalue weighted by Gasteiger charge is -2.21. The van der Waals surface area contributed by atoms with Crippen LogP contribution in [-0.2, 0) is 4.79 Å². The molecule has 0 radical (unpaired) electrons. The van der Waals surface area contributed by atoms with Gasteiger partial charge >= 0.3 is 12.1 Å². The highest BCUT2D eigenvalue weighted by atomic mass is 32.1. The number of nitrogens with one attached hydrogen (secondary N) is 1. The Hall–Kier alpha value is -2.00. The van der Waals surface area contributed by atoms with Crippen LogP contribution in [-0.4, -0.2) is 34.9 Å². The fourth-order valence-corrected chi connectivity index (χ4v) is 3.85. The first-order valence-electron chi connectivity index (χ1n) is 8.87. The summed E-state index contributed by atoms with van der Waals surface area (Å²) in [4.78, 5) is 12.7. The molecular weight excluding hydrogens is 377 g/mol. The molecular formula is C18H19F3N4OS. The van der Waals surface area contributed by atoms with Crippen LogP contribution in [0.1, 0.15) is 35.8 Å². The van der Waals surface area contributed by atoms with Crippen LogP contribution in [0.15, 0.2) is 24.3 Å². The second-order valence-electron chi connectivity index (χ2n) is 7.14. The summed E-state index contributed by atoms with van der Waals surface area (Å²) in [5, 5.41) is 11.4. The summed E-state index contributed by atoms with van der Waals surface area (Å²) in [6.45, 7) is 2.64. The van der Waals surface area contributed by atoms with Gasteiger partial charge in [0.25, 0.3) is 0 Å². The van der Waals surface area contributed by atoms with E-state index in [1.165, 1.54) is 18.9 Å². The number of carbonyl (C=O) groups excluding carboxylic acids is 1. The highest BCUT2D eigenvalue weighted by Crippen LogP contribution is 2.43. The van der Waals surface area contributed by atoms with Crippen LogP contribution < -0.4 is 10.2 Å². The SMILES string of the molecule is Cc1nnc(N(C(=O)C(F)(F)F)c2cccc(C3CC3NCC3CC3)c2)s1. The Bertz CT molecular complexity index is 849. The zero-order chi connectivity index (χ0) is 19.2. The number of hydrogen-bond acceptors (Lipinski definition) is 5. The summed E-state index contributed by atoms with van der Waals surface area (Å²) in [5.41, 5.74) is 1.10. The maximum absolute atomic E-state index is 13.1. The third-order valence-corrected chi connectivity index (χ3v) is 5.69. The Morgan fingerprint density at radius 3 is 2.74 bits per heavy atom. The largest absolute Gasteiger partial charge is 0.472 e. The summed E-state index contributed by atoms with van der Waals surface area (Å²) in [6, 6.07) is 7.10. The van der Waals surface area contributed by atoms with E-state index in [4.69, 9.17) is 0 Å². The van der Waals surface area contributed by atoms with Crippen molar-refractivity contribution in [3.63, 3.8) is 0 Å². The van der Waals surface area contributed by atoms with Crippen LogP contribution >= 0.6 is 11.3 Å². The second-order valence-corrected chi connectivity index (χ2v) is 8.30. The molecule has 2 aromatic rings. The third-order valence-electron chi connectivity index (χ3n) is 4.86. The minimum Gasteiger partial charge on any atom is -0.313 e. The van der Waals surface area contributed by atoms with Crippen molar-refractivity contribution in [2.45, 2.75) is 44.3 Å². The third kappa shape index (κ3) is 4.14. The topological polar surface area (TPSA) is 58.1 Å². The summed E-state index contributed by atoms with van der Waals surface area (Å²) in [5.74, 6) is -0.921. The number of rotatable bonds is 6. The predicted molar refractivity (Wildman–Crippen MR) is 96.2 cm³/mol.